The summed E-state index contributed by atoms with van der Waals surface area (Å²) in [7, 11) is 0. The lowest BCUT2D eigenvalue weighted by atomic mass is 9.78. The summed E-state index contributed by atoms with van der Waals surface area (Å²) in [6.07, 6.45) is 1.92. The molecule has 2 aliphatic rings. The molecule has 56 heavy (non-hydrogen) atoms. The number of alkyl carbamates (subject to hydrolysis) is 1. The monoisotopic (exact) mass is 779 g/mol. The largest absolute Gasteiger partial charge is 0.449 e. The van der Waals surface area contributed by atoms with Gasteiger partial charge in [0.2, 0.25) is 0 Å². The van der Waals surface area contributed by atoms with Crippen LogP contribution in [0.4, 0.5) is 18.0 Å². The molecule has 1 amide bonds. The Kier molecular flexibility index (Phi) is 12.2. The van der Waals surface area contributed by atoms with E-state index in [0.29, 0.717) is 22.6 Å². The number of ether oxygens (including phenoxy) is 2. The molecule has 2 aliphatic carbocycles. The Bertz CT molecular complexity index is 2070. The zero-order valence-corrected chi connectivity index (χ0v) is 31.8. The summed E-state index contributed by atoms with van der Waals surface area (Å²) in [6, 6.07) is 36.3. The number of nitrogens with one attached hydrogen (secondary N) is 1. The van der Waals surface area contributed by atoms with Gasteiger partial charge in [-0.3, -0.25) is 4.79 Å². The van der Waals surface area contributed by atoms with Crippen molar-refractivity contribution in [3.8, 4) is 11.1 Å². The second-order valence-corrected chi connectivity index (χ2v) is 15.2. The van der Waals surface area contributed by atoms with Gasteiger partial charge >= 0.3 is 18.2 Å². The van der Waals surface area contributed by atoms with E-state index in [1.54, 1.807) is 54.6 Å². The predicted octanol–water partition coefficient (Wildman–Crippen LogP) is 12.3. The maximum atomic E-state index is 14.6. The second kappa shape index (κ2) is 17.4. The number of halogens is 4. The number of alkyl halides is 3. The van der Waals surface area contributed by atoms with Gasteiger partial charge in [-0.25, -0.2) is 4.79 Å². The highest BCUT2D eigenvalue weighted by Crippen LogP contribution is 2.46. The summed E-state index contributed by atoms with van der Waals surface area (Å²) < 4.78 is 55.7. The average molecular weight is 780 g/mol. The van der Waals surface area contributed by atoms with Crippen molar-refractivity contribution < 1.29 is 32.2 Å². The van der Waals surface area contributed by atoms with Crippen molar-refractivity contribution in [2.45, 2.75) is 87.4 Å². The van der Waals surface area contributed by atoms with E-state index in [2.05, 4.69) is 0 Å². The molecule has 2 atom stereocenters. The van der Waals surface area contributed by atoms with E-state index >= 15 is 0 Å². The first-order chi connectivity index (χ1) is 27.1. The van der Waals surface area contributed by atoms with Crippen molar-refractivity contribution in [3.63, 3.8) is 0 Å². The first kappa shape index (κ1) is 39.2. The fraction of sp³-hybridized carbons (Fsp3) is 0.319. The average Bonchev–Trinajstić information content (AvgIpc) is 3.59. The van der Waals surface area contributed by atoms with Crippen molar-refractivity contribution in [2.75, 3.05) is 6.61 Å². The van der Waals surface area contributed by atoms with Gasteiger partial charge in [0.15, 0.2) is 5.60 Å². The predicted molar refractivity (Wildman–Crippen MR) is 213 cm³/mol. The van der Waals surface area contributed by atoms with Gasteiger partial charge in [-0.1, -0.05) is 171 Å². The summed E-state index contributed by atoms with van der Waals surface area (Å²) in [5.41, 5.74) is 4.70. The van der Waals surface area contributed by atoms with Crippen LogP contribution < -0.4 is 5.32 Å². The summed E-state index contributed by atoms with van der Waals surface area (Å²) in [4.78, 5) is 27.1. The molecule has 0 aliphatic heterocycles. The quantitative estimate of drug-likeness (QED) is 0.113. The summed E-state index contributed by atoms with van der Waals surface area (Å²) in [5, 5.41) is 2.19. The Labute approximate surface area is 331 Å². The van der Waals surface area contributed by atoms with Gasteiger partial charge in [0, 0.05) is 27.6 Å². The zero-order valence-electron chi connectivity index (χ0n) is 31.1. The van der Waals surface area contributed by atoms with Crippen molar-refractivity contribution >= 4 is 23.7 Å². The standard InChI is InChI=1S/C47H45ClF3NO4/c48-42-25-15-14-24-41(42)46(34-18-8-5-9-19-34,35-28-26-33(27-29-35)32-16-6-3-1-2-4-7-17-32)56-44(53)30-43(47(49,50)51)52-45(54)55-31-40-38-22-12-10-20-36(38)37-21-11-13-23-39(37)40/h5,8-15,18-29,32,40,43H,1-4,6-7,16-17,30-31H2,(H,52,54)/t43-,46?/m0/s1. The molecular weight excluding hydrogens is 735 g/mol. The molecule has 0 aromatic heterocycles. The van der Waals surface area contributed by atoms with Crippen molar-refractivity contribution in [2.24, 2.45) is 0 Å². The van der Waals surface area contributed by atoms with Gasteiger partial charge in [-0.2, -0.15) is 13.2 Å². The fourth-order valence-corrected chi connectivity index (χ4v) is 8.71. The molecule has 0 bridgehead atoms. The highest BCUT2D eigenvalue weighted by Gasteiger charge is 2.47. The SMILES string of the molecule is O=C(C[C@H](NC(=O)OCC1c2ccccc2-c2ccccc21)C(F)(F)F)OC(c1ccccc1)(c1ccc(C2CCCCCCCC2)cc1)c1ccccc1Cl. The van der Waals surface area contributed by atoms with Crippen LogP contribution in [0.5, 0.6) is 0 Å². The molecule has 290 valence electrons. The summed E-state index contributed by atoms with van der Waals surface area (Å²) >= 11 is 6.85. The minimum Gasteiger partial charge on any atom is -0.449 e. The number of hydrogen-bond donors (Lipinski definition) is 1. The van der Waals surface area contributed by atoms with E-state index in [-0.39, 0.29) is 17.5 Å². The highest BCUT2D eigenvalue weighted by atomic mass is 35.5. The van der Waals surface area contributed by atoms with E-state index in [4.69, 9.17) is 21.1 Å². The van der Waals surface area contributed by atoms with Crippen LogP contribution in [0, 0.1) is 0 Å². The van der Waals surface area contributed by atoms with E-state index in [0.717, 1.165) is 47.9 Å². The van der Waals surface area contributed by atoms with Crippen LogP contribution in [0.25, 0.3) is 11.1 Å². The lowest BCUT2D eigenvalue weighted by molar-refractivity contribution is -0.173. The number of rotatable bonds is 10. The summed E-state index contributed by atoms with van der Waals surface area (Å²) in [5.74, 6) is -1.16. The van der Waals surface area contributed by atoms with Crippen molar-refractivity contribution in [3.05, 3.63) is 166 Å². The third kappa shape index (κ3) is 8.51. The maximum Gasteiger partial charge on any atom is 0.409 e. The molecule has 5 aromatic carbocycles. The lowest BCUT2D eigenvalue weighted by Crippen LogP contribution is -2.48. The number of amides is 1. The minimum atomic E-state index is -5.00. The van der Waals surface area contributed by atoms with E-state index in [9.17, 15) is 22.8 Å². The highest BCUT2D eigenvalue weighted by molar-refractivity contribution is 6.31. The molecule has 7 rings (SSSR count). The first-order valence-corrected chi connectivity index (χ1v) is 19.8. The molecule has 0 spiro atoms. The fourth-order valence-electron chi connectivity index (χ4n) is 8.44. The molecule has 0 heterocycles. The molecule has 1 saturated carbocycles. The van der Waals surface area contributed by atoms with Crippen LogP contribution >= 0.6 is 11.6 Å². The van der Waals surface area contributed by atoms with Gasteiger partial charge in [-0.05, 0) is 52.6 Å². The van der Waals surface area contributed by atoms with Gasteiger partial charge in [0.25, 0.3) is 0 Å². The van der Waals surface area contributed by atoms with Crippen LogP contribution in [0.15, 0.2) is 127 Å². The number of hydrogen-bond acceptors (Lipinski definition) is 4. The van der Waals surface area contributed by atoms with Crippen LogP contribution in [-0.2, 0) is 19.9 Å². The lowest BCUT2D eigenvalue weighted by Gasteiger charge is -2.36. The molecular formula is C47H45ClF3NO4. The van der Waals surface area contributed by atoms with E-state index in [1.165, 1.54) is 31.2 Å². The Morgan fingerprint density at radius 2 is 1.21 bits per heavy atom. The van der Waals surface area contributed by atoms with E-state index in [1.807, 2.05) is 78.1 Å². The third-order valence-electron chi connectivity index (χ3n) is 11.2. The number of fused-ring (bicyclic) bond motifs is 3. The Balaban J connectivity index is 1.15. The minimum absolute atomic E-state index is 0.185. The molecule has 1 N–H and O–H groups in total. The normalized spacial score (nSPS) is 16.6. The molecule has 9 heteroatoms. The Morgan fingerprint density at radius 3 is 1.82 bits per heavy atom. The van der Waals surface area contributed by atoms with Crippen LogP contribution in [0.3, 0.4) is 0 Å². The Morgan fingerprint density at radius 1 is 0.679 bits per heavy atom. The maximum absolute atomic E-state index is 14.6. The molecule has 5 nitrogen and oxygen atoms in total. The number of carbonyl (C=O) groups excluding carboxylic acids is 2. The molecule has 1 unspecified atom stereocenters. The van der Waals surface area contributed by atoms with Crippen molar-refractivity contribution in [1.82, 2.24) is 5.32 Å². The van der Waals surface area contributed by atoms with Gasteiger partial charge in [0.05, 0.1) is 6.42 Å². The van der Waals surface area contributed by atoms with Crippen LogP contribution in [-0.4, -0.2) is 30.9 Å². The number of carbonyl (C=O) groups is 2. The van der Waals surface area contributed by atoms with E-state index < -0.39 is 36.3 Å². The zero-order chi connectivity index (χ0) is 39.1. The number of benzene rings is 5. The van der Waals surface area contributed by atoms with Gasteiger partial charge < -0.3 is 14.8 Å². The van der Waals surface area contributed by atoms with Crippen LogP contribution in [0.2, 0.25) is 5.02 Å². The summed E-state index contributed by atoms with van der Waals surface area (Å²) in [6.45, 7) is -0.185. The van der Waals surface area contributed by atoms with Gasteiger partial charge in [-0.15, -0.1) is 0 Å². The topological polar surface area (TPSA) is 64.6 Å². The molecule has 0 saturated heterocycles. The Hall–Kier alpha value is -5.08. The number of esters is 1. The smallest absolute Gasteiger partial charge is 0.409 e. The molecule has 1 fully saturated rings. The third-order valence-corrected chi connectivity index (χ3v) is 11.6. The van der Waals surface area contributed by atoms with Gasteiger partial charge in [0.1, 0.15) is 12.6 Å². The van der Waals surface area contributed by atoms with Crippen LogP contribution in [0.1, 0.15) is 103 Å². The van der Waals surface area contributed by atoms with Crippen molar-refractivity contribution in [1.29, 1.82) is 0 Å². The molecule has 0 radical (unpaired) electrons. The first-order valence-electron chi connectivity index (χ1n) is 19.5. The molecule has 5 aromatic rings. The second-order valence-electron chi connectivity index (χ2n) is 14.8.